The Morgan fingerprint density at radius 1 is 1.19 bits per heavy atom. The van der Waals surface area contributed by atoms with Crippen LogP contribution in [0.15, 0.2) is 48.8 Å². The highest BCUT2D eigenvalue weighted by Crippen LogP contribution is 2.30. The molecule has 0 atom stereocenters. The summed E-state index contributed by atoms with van der Waals surface area (Å²) in [6.45, 7) is 2.53. The van der Waals surface area contributed by atoms with Crippen LogP contribution in [0, 0.1) is 0 Å². The van der Waals surface area contributed by atoms with Crippen LogP contribution in [0.1, 0.15) is 17.3 Å². The minimum atomic E-state index is -0.0472. The van der Waals surface area contributed by atoms with Crippen LogP contribution < -0.4 is 5.32 Å². The minimum absolute atomic E-state index is 0.0472. The molecule has 106 valence electrons. The molecule has 0 fully saturated rings. The minimum Gasteiger partial charge on any atom is -0.352 e. The van der Waals surface area contributed by atoms with Crippen molar-refractivity contribution in [3.05, 3.63) is 54.4 Å². The summed E-state index contributed by atoms with van der Waals surface area (Å²) in [5.74, 6) is -0.0472. The molecular weight excluding hydrogens is 262 g/mol. The first-order valence-electron chi connectivity index (χ1n) is 7.00. The number of nitrogens with zero attached hydrogens (tertiary/aromatic N) is 2. The highest BCUT2D eigenvalue weighted by Gasteiger charge is 2.14. The van der Waals surface area contributed by atoms with Gasteiger partial charge >= 0.3 is 0 Å². The average molecular weight is 279 g/mol. The molecule has 4 nitrogen and oxygen atoms in total. The molecule has 2 aromatic heterocycles. The first-order valence-corrected chi connectivity index (χ1v) is 7.00. The van der Waals surface area contributed by atoms with Gasteiger partial charge < -0.3 is 9.88 Å². The number of aromatic nitrogens is 2. The molecule has 3 aromatic rings. The van der Waals surface area contributed by atoms with Gasteiger partial charge in [-0.3, -0.25) is 4.79 Å². The molecule has 1 aromatic carbocycles. The van der Waals surface area contributed by atoms with Crippen molar-refractivity contribution in [1.82, 2.24) is 14.9 Å². The van der Waals surface area contributed by atoms with Crippen LogP contribution in [0.2, 0.25) is 0 Å². The van der Waals surface area contributed by atoms with Crippen molar-refractivity contribution < 1.29 is 4.79 Å². The topological polar surface area (TPSA) is 46.9 Å². The fourth-order valence-electron chi connectivity index (χ4n) is 2.57. The molecular formula is C17H17N3O. The number of aryl methyl sites for hydroxylation is 1. The Hall–Kier alpha value is -2.62. The second-order valence-corrected chi connectivity index (χ2v) is 4.93. The van der Waals surface area contributed by atoms with Crippen LogP contribution in [0.4, 0.5) is 0 Å². The molecule has 4 heteroatoms. The Morgan fingerprint density at radius 3 is 2.81 bits per heavy atom. The number of carbonyl (C=O) groups is 1. The molecule has 0 saturated carbocycles. The molecule has 1 N–H and O–H groups in total. The zero-order chi connectivity index (χ0) is 14.8. The van der Waals surface area contributed by atoms with Gasteiger partial charge in [0.2, 0.25) is 0 Å². The predicted molar refractivity (Wildman–Crippen MR) is 84.2 cm³/mol. The van der Waals surface area contributed by atoms with E-state index in [4.69, 9.17) is 0 Å². The molecule has 3 rings (SSSR count). The van der Waals surface area contributed by atoms with Crippen molar-refractivity contribution >= 4 is 16.9 Å². The number of nitrogens with one attached hydrogen (secondary N) is 1. The molecule has 2 heterocycles. The third kappa shape index (κ3) is 2.29. The van der Waals surface area contributed by atoms with Gasteiger partial charge in [0.15, 0.2) is 0 Å². The zero-order valence-corrected chi connectivity index (χ0v) is 12.1. The van der Waals surface area contributed by atoms with Crippen molar-refractivity contribution in [2.45, 2.75) is 6.92 Å². The lowest BCUT2D eigenvalue weighted by Crippen LogP contribution is -2.23. The molecule has 1 amide bonds. The fraction of sp³-hybridized carbons (Fsp3) is 0.176. The van der Waals surface area contributed by atoms with Gasteiger partial charge in [-0.25, -0.2) is 4.98 Å². The summed E-state index contributed by atoms with van der Waals surface area (Å²) < 4.78 is 1.98. The zero-order valence-electron chi connectivity index (χ0n) is 12.1. The number of benzene rings is 1. The van der Waals surface area contributed by atoms with E-state index < -0.39 is 0 Å². The first kappa shape index (κ1) is 13.4. The second-order valence-electron chi connectivity index (χ2n) is 4.93. The highest BCUT2D eigenvalue weighted by atomic mass is 16.1. The maximum absolute atomic E-state index is 12.2. The third-order valence-corrected chi connectivity index (χ3v) is 3.57. The smallest absolute Gasteiger partial charge is 0.251 e. The van der Waals surface area contributed by atoms with Crippen LogP contribution in [0.3, 0.4) is 0 Å². The summed E-state index contributed by atoms with van der Waals surface area (Å²) in [6.07, 6.45) is 3.77. The van der Waals surface area contributed by atoms with Gasteiger partial charge in [0.1, 0.15) is 5.65 Å². The van der Waals surface area contributed by atoms with Gasteiger partial charge in [-0.1, -0.05) is 18.2 Å². The van der Waals surface area contributed by atoms with E-state index in [-0.39, 0.29) is 5.91 Å². The average Bonchev–Trinajstić information content (AvgIpc) is 2.89. The number of fused-ring (bicyclic) bond motifs is 1. The first-order chi connectivity index (χ1) is 10.2. The maximum Gasteiger partial charge on any atom is 0.251 e. The van der Waals surface area contributed by atoms with E-state index in [1.807, 2.05) is 61.1 Å². The molecule has 0 radical (unpaired) electrons. The predicted octanol–water partition coefficient (Wildman–Crippen LogP) is 2.99. The van der Waals surface area contributed by atoms with Crippen LogP contribution >= 0.6 is 0 Å². The number of rotatable bonds is 3. The van der Waals surface area contributed by atoms with Crippen LogP contribution in [0.5, 0.6) is 0 Å². The Bertz CT molecular complexity index is 805. The van der Waals surface area contributed by atoms with Crippen molar-refractivity contribution in [3.8, 4) is 11.1 Å². The molecule has 0 unspecified atom stereocenters. The van der Waals surface area contributed by atoms with E-state index in [1.54, 1.807) is 6.20 Å². The largest absolute Gasteiger partial charge is 0.352 e. The summed E-state index contributed by atoms with van der Waals surface area (Å²) in [7, 11) is 1.97. The lowest BCUT2D eigenvalue weighted by Gasteiger charge is -2.10. The monoisotopic (exact) mass is 279 g/mol. The van der Waals surface area contributed by atoms with Gasteiger partial charge in [0.05, 0.1) is 0 Å². The van der Waals surface area contributed by atoms with Crippen molar-refractivity contribution in [3.63, 3.8) is 0 Å². The summed E-state index contributed by atoms with van der Waals surface area (Å²) in [5.41, 5.74) is 3.57. The second kappa shape index (κ2) is 5.40. The quantitative estimate of drug-likeness (QED) is 0.801. The van der Waals surface area contributed by atoms with Crippen LogP contribution in [0.25, 0.3) is 22.2 Å². The van der Waals surface area contributed by atoms with Gasteiger partial charge in [-0.05, 0) is 36.2 Å². The highest BCUT2D eigenvalue weighted by molar-refractivity contribution is 6.05. The maximum atomic E-state index is 12.2. The van der Waals surface area contributed by atoms with E-state index in [0.29, 0.717) is 12.1 Å². The number of pyridine rings is 1. The lowest BCUT2D eigenvalue weighted by molar-refractivity contribution is 0.0956. The molecule has 0 aliphatic heterocycles. The van der Waals surface area contributed by atoms with E-state index in [2.05, 4.69) is 10.3 Å². The van der Waals surface area contributed by atoms with Gasteiger partial charge in [0.25, 0.3) is 5.91 Å². The summed E-state index contributed by atoms with van der Waals surface area (Å²) in [5, 5.41) is 3.92. The third-order valence-electron chi connectivity index (χ3n) is 3.57. The Morgan fingerprint density at radius 2 is 2.00 bits per heavy atom. The Kier molecular flexibility index (Phi) is 3.44. The fourth-order valence-corrected chi connectivity index (χ4v) is 2.57. The van der Waals surface area contributed by atoms with Crippen molar-refractivity contribution in [2.75, 3.05) is 6.54 Å². The SMILES string of the molecule is CCNC(=O)c1ccccc1-c1ccnc2c1ccn2C. The van der Waals surface area contributed by atoms with E-state index in [9.17, 15) is 4.79 Å². The number of carbonyl (C=O) groups excluding carboxylic acids is 1. The Balaban J connectivity index is 2.22. The standard InChI is InChI=1S/C17H17N3O/c1-3-18-17(21)15-7-5-4-6-12(15)13-8-10-19-16-14(13)9-11-20(16)2/h4-11H,3H2,1-2H3,(H,18,21). The lowest BCUT2D eigenvalue weighted by atomic mass is 9.98. The van der Waals surface area contributed by atoms with Gasteiger partial charge in [0, 0.05) is 36.9 Å². The van der Waals surface area contributed by atoms with Crippen LogP contribution in [-0.2, 0) is 7.05 Å². The number of hydrogen-bond donors (Lipinski definition) is 1. The van der Waals surface area contributed by atoms with Crippen LogP contribution in [-0.4, -0.2) is 22.0 Å². The molecule has 0 saturated heterocycles. The van der Waals surface area contributed by atoms with Gasteiger partial charge in [-0.2, -0.15) is 0 Å². The van der Waals surface area contributed by atoms with E-state index >= 15 is 0 Å². The van der Waals surface area contributed by atoms with E-state index in [1.165, 1.54) is 0 Å². The van der Waals surface area contributed by atoms with Crippen molar-refractivity contribution in [2.24, 2.45) is 7.05 Å². The molecule has 0 aliphatic rings. The molecule has 0 aliphatic carbocycles. The van der Waals surface area contributed by atoms with Crippen molar-refractivity contribution in [1.29, 1.82) is 0 Å². The van der Waals surface area contributed by atoms with Gasteiger partial charge in [-0.15, -0.1) is 0 Å². The summed E-state index contributed by atoms with van der Waals surface area (Å²) in [6, 6.07) is 11.7. The number of hydrogen-bond acceptors (Lipinski definition) is 2. The summed E-state index contributed by atoms with van der Waals surface area (Å²) >= 11 is 0. The Labute approximate surface area is 123 Å². The van der Waals surface area contributed by atoms with E-state index in [0.717, 1.165) is 22.2 Å². The molecule has 0 spiro atoms. The summed E-state index contributed by atoms with van der Waals surface area (Å²) in [4.78, 5) is 16.6. The number of amides is 1. The molecule has 0 bridgehead atoms. The molecule has 21 heavy (non-hydrogen) atoms. The normalized spacial score (nSPS) is 10.8.